The molecule has 0 aliphatic carbocycles. The van der Waals surface area contributed by atoms with E-state index in [4.69, 9.17) is 44.3 Å². The zero-order chi connectivity index (χ0) is 19.3. The van der Waals surface area contributed by atoms with Crippen LogP contribution in [0.1, 0.15) is 11.4 Å². The summed E-state index contributed by atoms with van der Waals surface area (Å²) in [4.78, 5) is 24.2. The molecule has 0 heterocycles. The first-order valence-electron chi connectivity index (χ1n) is 7.13. The van der Waals surface area contributed by atoms with Crippen LogP contribution in [0.25, 0.3) is 0 Å². The van der Waals surface area contributed by atoms with Crippen LogP contribution in [0, 0.1) is 0 Å². The van der Waals surface area contributed by atoms with Gasteiger partial charge in [0, 0.05) is 22.7 Å². The molecule has 0 N–H and O–H groups in total. The van der Waals surface area contributed by atoms with Crippen LogP contribution in [0.2, 0.25) is 15.1 Å². The molecule has 0 spiro atoms. The number of carbonyl (C=O) groups excluding carboxylic acids is 1. The normalized spacial score (nSPS) is 13.8. The summed E-state index contributed by atoms with van der Waals surface area (Å²) >= 11 is 17.7. The van der Waals surface area contributed by atoms with Crippen LogP contribution < -0.4 is 39.2 Å². The summed E-state index contributed by atoms with van der Waals surface area (Å²) in [5.74, 6) is -2.47. The van der Waals surface area contributed by atoms with Crippen LogP contribution in [-0.2, 0) is 18.6 Å². The summed E-state index contributed by atoms with van der Waals surface area (Å²) in [6, 6.07) is 10.5. The number of ether oxygens (including phenoxy) is 2. The second-order valence-electron chi connectivity index (χ2n) is 4.95. The maximum absolute atomic E-state index is 12.1. The van der Waals surface area contributed by atoms with Crippen molar-refractivity contribution in [3.63, 3.8) is 0 Å². The average molecular weight is 462 g/mol. The van der Waals surface area contributed by atoms with Crippen LogP contribution >= 0.6 is 42.4 Å². The Bertz CT molecular complexity index is 851. The first kappa shape index (κ1) is 24.8. The monoisotopic (exact) mass is 460 g/mol. The van der Waals surface area contributed by atoms with Crippen molar-refractivity contribution in [1.82, 2.24) is 0 Å². The standard InChI is InChI=1S/C16H14Cl3O6P.Na/c1-23-26(21,22)16(11-4-2-3-5-12(11)18)25-15(20)9-24-14-7-6-10(17)8-13(14)19;/h2-8,16H,9H2,1H3,(H,21,22);/q;+1/p-1. The molecule has 11 heteroatoms. The molecule has 2 rings (SSSR count). The molecule has 2 unspecified atom stereocenters. The van der Waals surface area contributed by atoms with E-state index in [9.17, 15) is 14.3 Å². The Labute approximate surface area is 193 Å². The SMILES string of the molecule is COP(=O)([O-])C(OC(=O)COc1ccc(Cl)cc1Cl)c1ccccc1Cl.[Na+]. The molecule has 2 aromatic rings. The summed E-state index contributed by atoms with van der Waals surface area (Å²) in [6.45, 7) is -0.577. The summed E-state index contributed by atoms with van der Waals surface area (Å²) in [6.07, 6.45) is 0. The number of hydrogen-bond acceptors (Lipinski definition) is 6. The molecule has 0 aromatic heterocycles. The van der Waals surface area contributed by atoms with Gasteiger partial charge in [0.05, 0.1) is 5.02 Å². The quantitative estimate of drug-likeness (QED) is 0.353. The Morgan fingerprint density at radius 2 is 1.81 bits per heavy atom. The van der Waals surface area contributed by atoms with E-state index in [2.05, 4.69) is 4.52 Å². The number of benzene rings is 2. The molecule has 0 fully saturated rings. The maximum atomic E-state index is 12.1. The van der Waals surface area contributed by atoms with E-state index in [0.717, 1.165) is 7.11 Å². The van der Waals surface area contributed by atoms with Crippen molar-refractivity contribution >= 4 is 48.4 Å². The van der Waals surface area contributed by atoms with Gasteiger partial charge in [-0.3, -0.25) is 0 Å². The van der Waals surface area contributed by atoms with Crippen molar-refractivity contribution in [3.05, 3.63) is 63.1 Å². The fraction of sp³-hybridized carbons (Fsp3) is 0.188. The van der Waals surface area contributed by atoms with Gasteiger partial charge in [0.1, 0.15) is 5.75 Å². The third kappa shape index (κ3) is 6.93. The van der Waals surface area contributed by atoms with E-state index in [1.807, 2.05) is 0 Å². The molecule has 140 valence electrons. The molecule has 0 amide bonds. The number of halogens is 3. The molecule has 27 heavy (non-hydrogen) atoms. The van der Waals surface area contributed by atoms with E-state index in [0.29, 0.717) is 5.02 Å². The Balaban J connectivity index is 0.00000364. The summed E-state index contributed by atoms with van der Waals surface area (Å²) in [5.41, 5.74) is 0.0761. The van der Waals surface area contributed by atoms with Gasteiger partial charge in [-0.25, -0.2) is 4.79 Å². The summed E-state index contributed by atoms with van der Waals surface area (Å²) in [5, 5.41) is 0.704. The van der Waals surface area contributed by atoms with Crippen molar-refractivity contribution in [2.24, 2.45) is 0 Å². The summed E-state index contributed by atoms with van der Waals surface area (Å²) in [7, 11) is -3.61. The topological polar surface area (TPSA) is 84.9 Å². The molecule has 0 radical (unpaired) electrons. The minimum Gasteiger partial charge on any atom is -0.776 e. The molecule has 0 aliphatic heterocycles. The third-order valence-electron chi connectivity index (χ3n) is 3.20. The second-order valence-corrected chi connectivity index (χ2v) is 8.11. The van der Waals surface area contributed by atoms with Gasteiger partial charge in [-0.1, -0.05) is 53.0 Å². The fourth-order valence-corrected chi connectivity index (χ4v) is 3.73. The Kier molecular flexibility index (Phi) is 10.1. The van der Waals surface area contributed by atoms with E-state index in [-0.39, 0.29) is 50.9 Å². The Morgan fingerprint density at radius 3 is 2.41 bits per heavy atom. The van der Waals surface area contributed by atoms with Crippen molar-refractivity contribution in [2.45, 2.75) is 5.85 Å². The minimum absolute atomic E-state index is 0. The van der Waals surface area contributed by atoms with E-state index in [1.54, 1.807) is 12.1 Å². The zero-order valence-corrected chi connectivity index (χ0v) is 19.5. The molecular formula is C16H13Cl3NaO6P. The molecule has 0 saturated carbocycles. The Morgan fingerprint density at radius 1 is 1.15 bits per heavy atom. The molecule has 6 nitrogen and oxygen atoms in total. The van der Waals surface area contributed by atoms with Crippen LogP contribution in [0.4, 0.5) is 0 Å². The smallest absolute Gasteiger partial charge is 0.776 e. The number of carbonyl (C=O) groups is 1. The van der Waals surface area contributed by atoms with E-state index >= 15 is 0 Å². The average Bonchev–Trinajstić information content (AvgIpc) is 2.59. The van der Waals surface area contributed by atoms with Crippen LogP contribution in [0.3, 0.4) is 0 Å². The first-order chi connectivity index (χ1) is 12.2. The van der Waals surface area contributed by atoms with Gasteiger partial charge in [0.25, 0.3) is 0 Å². The van der Waals surface area contributed by atoms with Crippen LogP contribution in [0.15, 0.2) is 42.5 Å². The summed E-state index contributed by atoms with van der Waals surface area (Å²) < 4.78 is 26.9. The van der Waals surface area contributed by atoms with E-state index in [1.165, 1.54) is 30.3 Å². The van der Waals surface area contributed by atoms with E-state index < -0.39 is 26.0 Å². The second kappa shape index (κ2) is 11.1. The number of hydrogen-bond donors (Lipinski definition) is 0. The minimum atomic E-state index is -4.57. The van der Waals surface area contributed by atoms with Crippen molar-refractivity contribution in [1.29, 1.82) is 0 Å². The van der Waals surface area contributed by atoms with Gasteiger partial charge in [0.15, 0.2) is 20.0 Å². The van der Waals surface area contributed by atoms with Gasteiger partial charge in [0.2, 0.25) is 0 Å². The predicted octanol–water partition coefficient (Wildman–Crippen LogP) is 1.47. The molecular weight excluding hydrogens is 448 g/mol. The molecule has 0 aliphatic rings. The molecule has 0 bridgehead atoms. The molecule has 2 atom stereocenters. The molecule has 2 aromatic carbocycles. The van der Waals surface area contributed by atoms with Gasteiger partial charge < -0.3 is 23.5 Å². The largest absolute Gasteiger partial charge is 1.00 e. The zero-order valence-electron chi connectivity index (χ0n) is 14.4. The van der Waals surface area contributed by atoms with Gasteiger partial charge in [-0.15, -0.1) is 0 Å². The number of rotatable bonds is 7. The van der Waals surface area contributed by atoms with Gasteiger partial charge in [-0.2, -0.15) is 0 Å². The van der Waals surface area contributed by atoms with Crippen molar-refractivity contribution in [2.75, 3.05) is 13.7 Å². The molecule has 0 saturated heterocycles. The first-order valence-corrected chi connectivity index (χ1v) is 9.87. The number of esters is 1. The van der Waals surface area contributed by atoms with Gasteiger partial charge >= 0.3 is 35.5 Å². The van der Waals surface area contributed by atoms with Crippen molar-refractivity contribution in [3.8, 4) is 5.75 Å². The third-order valence-corrected chi connectivity index (χ3v) is 5.54. The predicted molar refractivity (Wildman–Crippen MR) is 96.9 cm³/mol. The van der Waals surface area contributed by atoms with Crippen LogP contribution in [-0.4, -0.2) is 19.7 Å². The Hall–Kier alpha value is -0.270. The van der Waals surface area contributed by atoms with Gasteiger partial charge in [-0.05, 0) is 24.3 Å². The fourth-order valence-electron chi connectivity index (χ4n) is 1.96. The maximum Gasteiger partial charge on any atom is 1.00 e. The van der Waals surface area contributed by atoms with Crippen molar-refractivity contribution < 1.29 is 57.8 Å². The van der Waals surface area contributed by atoms with Crippen LogP contribution in [0.5, 0.6) is 5.75 Å².